The van der Waals surface area contributed by atoms with Gasteiger partial charge in [0, 0.05) is 37.4 Å². The van der Waals surface area contributed by atoms with Gasteiger partial charge in [-0.15, -0.1) is 0 Å². The molecule has 1 aromatic heterocycles. The van der Waals surface area contributed by atoms with Crippen molar-refractivity contribution < 1.29 is 0 Å². The van der Waals surface area contributed by atoms with E-state index in [0.717, 1.165) is 31.7 Å². The first-order chi connectivity index (χ1) is 16.0. The van der Waals surface area contributed by atoms with Crippen molar-refractivity contribution in [2.75, 3.05) is 31.1 Å². The molecule has 33 heavy (non-hydrogen) atoms. The monoisotopic (exact) mass is 438 g/mol. The molecule has 170 valence electrons. The summed E-state index contributed by atoms with van der Waals surface area (Å²) in [6.45, 7) is 11.4. The van der Waals surface area contributed by atoms with E-state index in [2.05, 4.69) is 114 Å². The molecular weight excluding hydrogens is 404 g/mol. The molecule has 2 heterocycles. The minimum atomic E-state index is 0.0909. The van der Waals surface area contributed by atoms with Crippen LogP contribution < -0.4 is 4.90 Å². The van der Waals surface area contributed by atoms with Crippen LogP contribution in [0.3, 0.4) is 0 Å². The van der Waals surface area contributed by atoms with Gasteiger partial charge in [0.2, 0.25) is 0 Å². The number of imidazole rings is 1. The molecule has 0 atom stereocenters. The summed E-state index contributed by atoms with van der Waals surface area (Å²) in [5.74, 6) is 0. The fourth-order valence-corrected chi connectivity index (χ4v) is 5.05. The molecule has 4 nitrogen and oxygen atoms in total. The Morgan fingerprint density at radius 2 is 1.42 bits per heavy atom. The fraction of sp³-hybridized carbons (Fsp3) is 0.345. The van der Waals surface area contributed by atoms with E-state index in [-0.39, 0.29) is 11.6 Å². The van der Waals surface area contributed by atoms with Crippen molar-refractivity contribution in [3.8, 4) is 0 Å². The summed E-state index contributed by atoms with van der Waals surface area (Å²) in [6.07, 6.45) is 3.19. The standard InChI is InChI=1S/C29H34N4/c1-29(2,3)32-18-10-17-31(19-20-32)25-15-16-26-27(21-25)33(22-30-26)28(23-11-6-4-7-12-23)24-13-8-5-9-14-24/h4-9,11-16,21-22,28H,10,17-20H2,1-3H3. The molecule has 0 unspecified atom stereocenters. The van der Waals surface area contributed by atoms with Gasteiger partial charge in [0.15, 0.2) is 0 Å². The van der Waals surface area contributed by atoms with Crippen LogP contribution in [0.4, 0.5) is 5.69 Å². The predicted molar refractivity (Wildman–Crippen MR) is 138 cm³/mol. The number of anilines is 1. The number of aromatic nitrogens is 2. The van der Waals surface area contributed by atoms with Crippen molar-refractivity contribution in [1.82, 2.24) is 14.5 Å². The fourth-order valence-electron chi connectivity index (χ4n) is 5.05. The van der Waals surface area contributed by atoms with E-state index in [0.29, 0.717) is 0 Å². The number of hydrogen-bond donors (Lipinski definition) is 0. The van der Waals surface area contributed by atoms with Gasteiger partial charge in [0.25, 0.3) is 0 Å². The minimum absolute atomic E-state index is 0.0909. The van der Waals surface area contributed by atoms with Crippen molar-refractivity contribution in [2.45, 2.75) is 38.8 Å². The summed E-state index contributed by atoms with van der Waals surface area (Å²) in [5.41, 5.74) is 6.27. The summed E-state index contributed by atoms with van der Waals surface area (Å²) >= 11 is 0. The Bertz CT molecular complexity index is 1150. The van der Waals surface area contributed by atoms with Crippen molar-refractivity contribution in [1.29, 1.82) is 0 Å². The van der Waals surface area contributed by atoms with Crippen molar-refractivity contribution in [3.63, 3.8) is 0 Å². The number of benzene rings is 3. The lowest BCUT2D eigenvalue weighted by Crippen LogP contribution is -2.43. The van der Waals surface area contributed by atoms with Crippen LogP contribution in [0.5, 0.6) is 0 Å². The van der Waals surface area contributed by atoms with Gasteiger partial charge in [-0.25, -0.2) is 4.98 Å². The minimum Gasteiger partial charge on any atom is -0.370 e. The van der Waals surface area contributed by atoms with Gasteiger partial charge in [0.1, 0.15) is 0 Å². The summed E-state index contributed by atoms with van der Waals surface area (Å²) in [5, 5.41) is 0. The third kappa shape index (κ3) is 4.53. The Kier molecular flexibility index (Phi) is 5.94. The first kappa shape index (κ1) is 21.7. The number of rotatable bonds is 4. The number of hydrogen-bond acceptors (Lipinski definition) is 3. The van der Waals surface area contributed by atoms with Gasteiger partial charge >= 0.3 is 0 Å². The molecule has 1 fully saturated rings. The zero-order valence-electron chi connectivity index (χ0n) is 20.0. The van der Waals surface area contributed by atoms with E-state index >= 15 is 0 Å². The highest BCUT2D eigenvalue weighted by molar-refractivity contribution is 5.80. The average Bonchev–Trinajstić information content (AvgIpc) is 3.06. The molecule has 4 aromatic rings. The molecule has 5 rings (SSSR count). The van der Waals surface area contributed by atoms with Crippen LogP contribution in [0.1, 0.15) is 44.4 Å². The molecule has 0 saturated carbocycles. The summed E-state index contributed by atoms with van der Waals surface area (Å²) in [4.78, 5) is 9.93. The molecular formula is C29H34N4. The van der Waals surface area contributed by atoms with Crippen LogP contribution in [-0.4, -0.2) is 46.2 Å². The van der Waals surface area contributed by atoms with Gasteiger partial charge in [-0.3, -0.25) is 4.90 Å². The average molecular weight is 439 g/mol. The Morgan fingerprint density at radius 1 is 0.758 bits per heavy atom. The smallest absolute Gasteiger partial charge is 0.0966 e. The number of nitrogens with zero attached hydrogens (tertiary/aromatic N) is 4. The summed E-state index contributed by atoms with van der Waals surface area (Å²) < 4.78 is 2.34. The molecule has 1 aliphatic rings. The topological polar surface area (TPSA) is 24.3 Å². The normalized spacial score (nSPS) is 15.8. The molecule has 0 bridgehead atoms. The second-order valence-corrected chi connectivity index (χ2v) is 10.0. The molecule has 3 aromatic carbocycles. The molecule has 0 amide bonds. The lowest BCUT2D eigenvalue weighted by atomic mass is 9.98. The van der Waals surface area contributed by atoms with Crippen LogP contribution in [-0.2, 0) is 0 Å². The summed E-state index contributed by atoms with van der Waals surface area (Å²) in [7, 11) is 0. The Hall–Kier alpha value is -3.11. The highest BCUT2D eigenvalue weighted by Gasteiger charge is 2.25. The largest absolute Gasteiger partial charge is 0.370 e. The maximum absolute atomic E-state index is 4.78. The maximum Gasteiger partial charge on any atom is 0.0966 e. The molecule has 4 heteroatoms. The van der Waals surface area contributed by atoms with Crippen LogP contribution in [0.25, 0.3) is 11.0 Å². The Labute approximate surface area is 197 Å². The van der Waals surface area contributed by atoms with Crippen LogP contribution in [0, 0.1) is 0 Å². The zero-order valence-corrected chi connectivity index (χ0v) is 20.0. The molecule has 0 N–H and O–H groups in total. The van der Waals surface area contributed by atoms with Crippen molar-refractivity contribution in [2.24, 2.45) is 0 Å². The van der Waals surface area contributed by atoms with Crippen LogP contribution >= 0.6 is 0 Å². The maximum atomic E-state index is 4.78. The van der Waals surface area contributed by atoms with Crippen LogP contribution in [0.15, 0.2) is 85.2 Å². The zero-order chi connectivity index (χ0) is 22.8. The van der Waals surface area contributed by atoms with E-state index in [1.54, 1.807) is 0 Å². The lowest BCUT2D eigenvalue weighted by Gasteiger charge is -2.34. The first-order valence-electron chi connectivity index (χ1n) is 12.1. The predicted octanol–water partition coefficient (Wildman–Crippen LogP) is 5.98. The molecule has 1 saturated heterocycles. The Balaban J connectivity index is 1.53. The third-order valence-corrected chi connectivity index (χ3v) is 6.88. The molecule has 0 spiro atoms. The first-order valence-corrected chi connectivity index (χ1v) is 12.1. The van der Waals surface area contributed by atoms with E-state index in [1.807, 2.05) is 6.33 Å². The molecule has 0 aliphatic carbocycles. The number of fused-ring (bicyclic) bond motifs is 1. The summed E-state index contributed by atoms with van der Waals surface area (Å²) in [6, 6.07) is 28.3. The SMILES string of the molecule is CC(C)(C)N1CCCN(c2ccc3ncn(C(c4ccccc4)c4ccccc4)c3c2)CC1. The van der Waals surface area contributed by atoms with E-state index in [1.165, 1.54) is 28.8 Å². The van der Waals surface area contributed by atoms with Gasteiger partial charge in [-0.05, 0) is 56.5 Å². The second kappa shape index (κ2) is 9.03. The third-order valence-electron chi connectivity index (χ3n) is 6.88. The van der Waals surface area contributed by atoms with Crippen molar-refractivity contribution in [3.05, 3.63) is 96.3 Å². The van der Waals surface area contributed by atoms with E-state index < -0.39 is 0 Å². The van der Waals surface area contributed by atoms with E-state index in [4.69, 9.17) is 4.98 Å². The highest BCUT2D eigenvalue weighted by Crippen LogP contribution is 2.32. The molecule has 1 aliphatic heterocycles. The molecule has 0 radical (unpaired) electrons. The van der Waals surface area contributed by atoms with Gasteiger partial charge < -0.3 is 9.47 Å². The quantitative estimate of drug-likeness (QED) is 0.391. The van der Waals surface area contributed by atoms with Gasteiger partial charge in [-0.2, -0.15) is 0 Å². The second-order valence-electron chi connectivity index (χ2n) is 10.0. The van der Waals surface area contributed by atoms with Crippen LogP contribution in [0.2, 0.25) is 0 Å². The van der Waals surface area contributed by atoms with Gasteiger partial charge in [0.05, 0.1) is 23.4 Å². The Morgan fingerprint density at radius 3 is 2.06 bits per heavy atom. The van der Waals surface area contributed by atoms with E-state index in [9.17, 15) is 0 Å². The lowest BCUT2D eigenvalue weighted by molar-refractivity contribution is 0.148. The van der Waals surface area contributed by atoms with Gasteiger partial charge in [-0.1, -0.05) is 60.7 Å². The van der Waals surface area contributed by atoms with Crippen molar-refractivity contribution >= 4 is 16.7 Å². The highest BCUT2D eigenvalue weighted by atomic mass is 15.2.